The van der Waals surface area contributed by atoms with E-state index in [1.165, 1.54) is 10.9 Å². The molecule has 0 amide bonds. The molecule has 0 spiro atoms. The zero-order valence-corrected chi connectivity index (χ0v) is 13.0. The number of benzene rings is 1. The van der Waals surface area contributed by atoms with E-state index < -0.39 is 22.8 Å². The fraction of sp³-hybridized carbons (Fsp3) is 0.333. The average Bonchev–Trinajstić information content (AvgIpc) is 2.51. The van der Waals surface area contributed by atoms with Crippen LogP contribution in [0, 0.1) is 5.82 Å². The molecule has 1 aliphatic rings. The van der Waals surface area contributed by atoms with Crippen LogP contribution in [0.4, 0.5) is 10.1 Å². The van der Waals surface area contributed by atoms with Crippen LogP contribution < -0.4 is 20.1 Å². The predicted octanol–water partition coefficient (Wildman–Crippen LogP) is 1.21. The molecule has 2 aromatic rings. The molecule has 1 aliphatic heterocycles. The number of pyridine rings is 1. The third-order valence-corrected chi connectivity index (χ3v) is 4.00. The van der Waals surface area contributed by atoms with Gasteiger partial charge in [-0.05, 0) is 13.0 Å². The Morgan fingerprint density at radius 1 is 1.52 bits per heavy atom. The fourth-order valence-electron chi connectivity index (χ4n) is 2.69. The van der Waals surface area contributed by atoms with Gasteiger partial charge < -0.3 is 14.7 Å². The van der Waals surface area contributed by atoms with E-state index >= 15 is 0 Å². The topological polar surface area (TPSA) is 75.0 Å². The monoisotopic (exact) mass is 321 g/mol. The van der Waals surface area contributed by atoms with Crippen molar-refractivity contribution < 1.29 is 19.0 Å². The van der Waals surface area contributed by atoms with Crippen LogP contribution in [-0.4, -0.2) is 43.1 Å². The first-order chi connectivity index (χ1) is 10.9. The van der Waals surface area contributed by atoms with Crippen LogP contribution in [0.3, 0.4) is 0 Å². The number of halogens is 1. The van der Waals surface area contributed by atoms with E-state index in [9.17, 15) is 19.1 Å². The number of carboxylic acids is 1. The molecule has 0 saturated carbocycles. The molecule has 0 bridgehead atoms. The number of hydrogen-bond donors (Lipinski definition) is 1. The Morgan fingerprint density at radius 2 is 2.22 bits per heavy atom. The van der Waals surface area contributed by atoms with Gasteiger partial charge in [0.05, 0.1) is 5.39 Å². The summed E-state index contributed by atoms with van der Waals surface area (Å²) < 4.78 is 21.7. The van der Waals surface area contributed by atoms with Gasteiger partial charge >= 0.3 is 5.97 Å². The van der Waals surface area contributed by atoms with Gasteiger partial charge in [0.15, 0.2) is 18.3 Å². The van der Waals surface area contributed by atoms with Gasteiger partial charge in [0.1, 0.15) is 16.8 Å². The summed E-state index contributed by atoms with van der Waals surface area (Å²) in [4.78, 5) is 25.3. The third kappa shape index (κ3) is 2.09. The Hall–Kier alpha value is -2.77. The minimum absolute atomic E-state index is 0.0165. The van der Waals surface area contributed by atoms with E-state index in [4.69, 9.17) is 4.74 Å². The molecule has 0 atom stereocenters. The Kier molecular flexibility index (Phi) is 3.39. The summed E-state index contributed by atoms with van der Waals surface area (Å²) in [5, 5.41) is 10.8. The normalized spacial score (nSPS) is 13.1. The summed E-state index contributed by atoms with van der Waals surface area (Å²) in [7, 11) is 3.40. The molecule has 0 aliphatic carbocycles. The van der Waals surface area contributed by atoms with E-state index in [-0.39, 0.29) is 23.6 Å². The number of carboxylic acid groups (broad SMARTS) is 1. The van der Waals surface area contributed by atoms with Crippen LogP contribution in [0.2, 0.25) is 0 Å². The maximum absolute atomic E-state index is 14.5. The Bertz CT molecular complexity index is 877. The second-order valence-corrected chi connectivity index (χ2v) is 5.40. The van der Waals surface area contributed by atoms with Crippen LogP contribution in [0.15, 0.2) is 17.1 Å². The number of rotatable bonds is 3. The molecule has 0 saturated heterocycles. The van der Waals surface area contributed by atoms with Gasteiger partial charge in [-0.25, -0.2) is 9.18 Å². The average molecular weight is 321 g/mol. The maximum atomic E-state index is 14.5. The first kappa shape index (κ1) is 15.1. The van der Waals surface area contributed by atoms with E-state index in [0.29, 0.717) is 12.1 Å². The number of ether oxygens (including phenoxy) is 1. The summed E-state index contributed by atoms with van der Waals surface area (Å²) in [6, 6.07) is 1.08. The highest BCUT2D eigenvalue weighted by Crippen LogP contribution is 2.39. The summed E-state index contributed by atoms with van der Waals surface area (Å²) in [6.07, 6.45) is 1.24. The molecule has 2 heterocycles. The van der Waals surface area contributed by atoms with Crippen LogP contribution in [-0.2, 0) is 0 Å². The molecule has 23 heavy (non-hydrogen) atoms. The maximum Gasteiger partial charge on any atom is 0.341 e. The highest BCUT2D eigenvalue weighted by Gasteiger charge is 2.28. The zero-order chi connectivity index (χ0) is 16.9. The molecule has 7 nitrogen and oxygen atoms in total. The van der Waals surface area contributed by atoms with E-state index in [0.717, 1.165) is 6.07 Å². The number of anilines is 1. The van der Waals surface area contributed by atoms with Crippen LogP contribution in [0.5, 0.6) is 5.75 Å². The Balaban J connectivity index is 2.50. The minimum atomic E-state index is -1.35. The van der Waals surface area contributed by atoms with Crippen molar-refractivity contribution in [1.29, 1.82) is 0 Å². The lowest BCUT2D eigenvalue weighted by Gasteiger charge is -2.33. The molecule has 1 aromatic heterocycles. The molecule has 8 heteroatoms. The van der Waals surface area contributed by atoms with Crippen molar-refractivity contribution in [2.24, 2.45) is 0 Å². The largest absolute Gasteiger partial charge is 0.477 e. The van der Waals surface area contributed by atoms with Crippen molar-refractivity contribution in [3.63, 3.8) is 0 Å². The minimum Gasteiger partial charge on any atom is -0.477 e. The quantitative estimate of drug-likeness (QED) is 0.916. The van der Waals surface area contributed by atoms with Gasteiger partial charge in [0, 0.05) is 26.8 Å². The van der Waals surface area contributed by atoms with Gasteiger partial charge in [-0.15, -0.1) is 0 Å². The highest BCUT2D eigenvalue weighted by atomic mass is 19.1. The lowest BCUT2D eigenvalue weighted by atomic mass is 10.1. The van der Waals surface area contributed by atoms with Crippen molar-refractivity contribution in [2.45, 2.75) is 6.92 Å². The number of hydrogen-bond acceptors (Lipinski definition) is 5. The second-order valence-electron chi connectivity index (χ2n) is 5.40. The molecule has 3 rings (SSSR count). The lowest BCUT2D eigenvalue weighted by Crippen LogP contribution is -2.40. The smallest absolute Gasteiger partial charge is 0.341 e. The fourth-order valence-corrected chi connectivity index (χ4v) is 2.69. The molecular formula is C15H16FN3O4. The number of carbonyl (C=O) groups is 1. The molecular weight excluding hydrogens is 305 g/mol. The molecule has 122 valence electrons. The lowest BCUT2D eigenvalue weighted by molar-refractivity contribution is 0.0694. The van der Waals surface area contributed by atoms with Crippen molar-refractivity contribution in [3.8, 4) is 5.75 Å². The highest BCUT2D eigenvalue weighted by molar-refractivity contribution is 5.97. The van der Waals surface area contributed by atoms with Crippen molar-refractivity contribution in [1.82, 2.24) is 4.68 Å². The third-order valence-electron chi connectivity index (χ3n) is 4.00. The predicted molar refractivity (Wildman–Crippen MR) is 83.7 cm³/mol. The molecule has 0 fully saturated rings. The molecule has 0 radical (unpaired) electrons. The van der Waals surface area contributed by atoms with Crippen LogP contribution in [0.1, 0.15) is 17.3 Å². The van der Waals surface area contributed by atoms with Gasteiger partial charge in [-0.1, -0.05) is 0 Å². The van der Waals surface area contributed by atoms with E-state index in [1.807, 2.05) is 6.92 Å². The molecule has 1 aromatic carbocycles. The first-order valence-corrected chi connectivity index (χ1v) is 7.07. The number of aromatic nitrogens is 1. The second kappa shape index (κ2) is 5.15. The Labute approximate surface area is 131 Å². The standard InChI is InChI=1S/C15H16FN3O4/c1-4-17(2)12-10(16)5-8-11-14(12)23-7-18(3)19(11)6-9(13(8)20)15(21)22/h5-6H,4,7H2,1-3H3,(H,21,22). The first-order valence-electron chi connectivity index (χ1n) is 7.07. The van der Waals surface area contributed by atoms with Gasteiger partial charge in [-0.3, -0.25) is 14.5 Å². The van der Waals surface area contributed by atoms with Crippen molar-refractivity contribution >= 4 is 22.6 Å². The SMILES string of the molecule is CCN(C)c1c(F)cc2c(=O)c(C(=O)O)cn3c2c1OCN3C. The Morgan fingerprint density at radius 3 is 2.83 bits per heavy atom. The van der Waals surface area contributed by atoms with Gasteiger partial charge in [0.25, 0.3) is 0 Å². The summed E-state index contributed by atoms with van der Waals surface area (Å²) in [5.74, 6) is -1.72. The zero-order valence-electron chi connectivity index (χ0n) is 13.0. The number of aromatic carboxylic acids is 1. The molecule has 1 N–H and O–H groups in total. The number of nitrogens with zero attached hydrogens (tertiary/aromatic N) is 3. The summed E-state index contributed by atoms with van der Waals surface area (Å²) in [6.45, 7) is 2.52. The van der Waals surface area contributed by atoms with Gasteiger partial charge in [-0.2, -0.15) is 0 Å². The van der Waals surface area contributed by atoms with Crippen molar-refractivity contribution in [2.75, 3.05) is 37.3 Å². The molecule has 0 unspecified atom stereocenters. The summed E-state index contributed by atoms with van der Waals surface area (Å²) in [5.41, 5.74) is -0.517. The van der Waals surface area contributed by atoms with Gasteiger partial charge in [0.2, 0.25) is 5.43 Å². The van der Waals surface area contributed by atoms with E-state index in [1.54, 1.807) is 24.0 Å². The van der Waals surface area contributed by atoms with E-state index in [2.05, 4.69) is 0 Å². The van der Waals surface area contributed by atoms with Crippen molar-refractivity contribution in [3.05, 3.63) is 33.9 Å². The van der Waals surface area contributed by atoms with Crippen LogP contribution >= 0.6 is 0 Å². The summed E-state index contributed by atoms with van der Waals surface area (Å²) >= 11 is 0. The van der Waals surface area contributed by atoms with Crippen LogP contribution in [0.25, 0.3) is 10.9 Å².